The van der Waals surface area contributed by atoms with E-state index in [4.69, 9.17) is 4.74 Å². The number of rotatable bonds is 9. The minimum atomic E-state index is -0.0431. The second-order valence-corrected chi connectivity index (χ2v) is 4.70. The van der Waals surface area contributed by atoms with E-state index in [1.54, 1.807) is 0 Å². The van der Waals surface area contributed by atoms with Crippen LogP contribution in [0.25, 0.3) is 0 Å². The van der Waals surface area contributed by atoms with Crippen LogP contribution in [0, 0.1) is 0 Å². The fraction of sp³-hybridized carbons (Fsp3) is 0.562. The highest BCUT2D eigenvalue weighted by Crippen LogP contribution is 2.13. The smallest absolute Gasteiger partial charge is 0.257 e. The van der Waals surface area contributed by atoms with Crippen molar-refractivity contribution in [2.75, 3.05) is 13.2 Å². The first kappa shape index (κ1) is 15.5. The quantitative estimate of drug-likeness (QED) is 0.694. The predicted molar refractivity (Wildman–Crippen MR) is 78.5 cm³/mol. The summed E-state index contributed by atoms with van der Waals surface area (Å²) in [5.74, 6) is 0.721. The van der Waals surface area contributed by atoms with E-state index in [9.17, 15) is 4.79 Å². The van der Waals surface area contributed by atoms with E-state index in [0.29, 0.717) is 0 Å². The molecule has 0 radical (unpaired) electrons. The molecule has 0 aliphatic rings. The summed E-state index contributed by atoms with van der Waals surface area (Å²) in [6.45, 7) is 5.12. The predicted octanol–water partition coefficient (Wildman–Crippen LogP) is 3.32. The minimum absolute atomic E-state index is 0.0431. The molecule has 0 atom stereocenters. The number of aryl methyl sites for hydroxylation is 1. The zero-order valence-electron chi connectivity index (χ0n) is 12.1. The highest BCUT2D eigenvalue weighted by molar-refractivity contribution is 5.77. The molecule has 0 unspecified atom stereocenters. The van der Waals surface area contributed by atoms with Gasteiger partial charge >= 0.3 is 0 Å². The lowest BCUT2D eigenvalue weighted by Gasteiger charge is -2.08. The van der Waals surface area contributed by atoms with Crippen molar-refractivity contribution < 1.29 is 9.53 Å². The number of ether oxygens (including phenoxy) is 1. The van der Waals surface area contributed by atoms with Crippen LogP contribution in [-0.2, 0) is 11.2 Å². The molecule has 19 heavy (non-hydrogen) atoms. The molecule has 0 aromatic heterocycles. The Bertz CT molecular complexity index is 377. The van der Waals surface area contributed by atoms with Crippen molar-refractivity contribution in [3.8, 4) is 5.75 Å². The number of carbonyl (C=O) groups excluding carboxylic acids is 1. The highest BCUT2D eigenvalue weighted by Gasteiger charge is 2.02. The van der Waals surface area contributed by atoms with Crippen LogP contribution in [0.3, 0.4) is 0 Å². The Kier molecular flexibility index (Phi) is 7.71. The zero-order valence-corrected chi connectivity index (χ0v) is 12.1. The van der Waals surface area contributed by atoms with Gasteiger partial charge in [-0.15, -0.1) is 0 Å². The first-order valence-corrected chi connectivity index (χ1v) is 7.24. The molecule has 3 heteroatoms. The number of nitrogens with one attached hydrogen (secondary N) is 1. The van der Waals surface area contributed by atoms with Crippen LogP contribution in [0.4, 0.5) is 0 Å². The summed E-state index contributed by atoms with van der Waals surface area (Å²) in [5, 5.41) is 2.88. The summed E-state index contributed by atoms with van der Waals surface area (Å²) in [7, 11) is 0. The molecule has 0 bridgehead atoms. The van der Waals surface area contributed by atoms with E-state index in [2.05, 4.69) is 25.2 Å². The van der Waals surface area contributed by atoms with Crippen molar-refractivity contribution in [3.63, 3.8) is 0 Å². The van der Waals surface area contributed by atoms with Crippen LogP contribution < -0.4 is 10.1 Å². The number of unbranched alkanes of at least 4 members (excludes halogenated alkanes) is 3. The molecule has 0 aliphatic carbocycles. The van der Waals surface area contributed by atoms with E-state index >= 15 is 0 Å². The Hall–Kier alpha value is -1.51. The Morgan fingerprint density at radius 3 is 2.79 bits per heavy atom. The Labute approximate surface area is 116 Å². The largest absolute Gasteiger partial charge is 0.484 e. The van der Waals surface area contributed by atoms with Crippen LogP contribution in [0.15, 0.2) is 24.3 Å². The molecule has 3 nitrogen and oxygen atoms in total. The summed E-state index contributed by atoms with van der Waals surface area (Å²) < 4.78 is 5.48. The zero-order chi connectivity index (χ0) is 13.9. The number of hydrogen-bond acceptors (Lipinski definition) is 2. The number of hydrogen-bond donors (Lipinski definition) is 1. The molecular formula is C16H25NO2. The summed E-state index contributed by atoms with van der Waals surface area (Å²) in [5.41, 5.74) is 1.22. The second-order valence-electron chi connectivity index (χ2n) is 4.70. The minimum Gasteiger partial charge on any atom is -0.484 e. The Balaban J connectivity index is 2.18. The summed E-state index contributed by atoms with van der Waals surface area (Å²) >= 11 is 0. The normalized spacial score (nSPS) is 10.2. The van der Waals surface area contributed by atoms with E-state index in [1.807, 2.05) is 18.2 Å². The van der Waals surface area contributed by atoms with Gasteiger partial charge in [-0.2, -0.15) is 0 Å². The summed E-state index contributed by atoms with van der Waals surface area (Å²) in [6, 6.07) is 7.87. The Morgan fingerprint density at radius 2 is 2.05 bits per heavy atom. The van der Waals surface area contributed by atoms with Crippen molar-refractivity contribution in [2.24, 2.45) is 0 Å². The molecule has 0 saturated heterocycles. The Morgan fingerprint density at radius 1 is 1.21 bits per heavy atom. The number of benzene rings is 1. The summed E-state index contributed by atoms with van der Waals surface area (Å²) in [4.78, 5) is 11.6. The molecule has 0 spiro atoms. The first-order chi connectivity index (χ1) is 9.26. The van der Waals surface area contributed by atoms with Gasteiger partial charge < -0.3 is 10.1 Å². The maximum absolute atomic E-state index is 11.6. The van der Waals surface area contributed by atoms with E-state index < -0.39 is 0 Å². The number of amides is 1. The van der Waals surface area contributed by atoms with Crippen LogP contribution in [0.5, 0.6) is 5.75 Å². The molecule has 1 aromatic carbocycles. The van der Waals surface area contributed by atoms with Crippen molar-refractivity contribution in [3.05, 3.63) is 29.8 Å². The van der Waals surface area contributed by atoms with Crippen molar-refractivity contribution in [1.29, 1.82) is 0 Å². The van der Waals surface area contributed by atoms with E-state index in [1.165, 1.54) is 24.8 Å². The third kappa shape index (κ3) is 6.85. The van der Waals surface area contributed by atoms with Gasteiger partial charge in [0.1, 0.15) is 5.75 Å². The lowest BCUT2D eigenvalue weighted by molar-refractivity contribution is -0.123. The second kappa shape index (κ2) is 9.42. The molecule has 0 aliphatic heterocycles. The monoisotopic (exact) mass is 263 g/mol. The molecule has 1 rings (SSSR count). The lowest BCUT2D eigenvalue weighted by atomic mass is 10.2. The molecule has 1 amide bonds. The van der Waals surface area contributed by atoms with Crippen molar-refractivity contribution in [2.45, 2.75) is 46.0 Å². The van der Waals surface area contributed by atoms with Gasteiger partial charge in [0, 0.05) is 6.54 Å². The molecule has 0 saturated carbocycles. The molecular weight excluding hydrogens is 238 g/mol. The fourth-order valence-electron chi connectivity index (χ4n) is 1.83. The maximum atomic E-state index is 11.6. The van der Waals surface area contributed by atoms with Gasteiger partial charge in [0.25, 0.3) is 5.91 Å². The average molecular weight is 263 g/mol. The first-order valence-electron chi connectivity index (χ1n) is 7.24. The van der Waals surface area contributed by atoms with Crippen molar-refractivity contribution in [1.82, 2.24) is 5.32 Å². The van der Waals surface area contributed by atoms with E-state index in [0.717, 1.165) is 25.1 Å². The average Bonchev–Trinajstić information content (AvgIpc) is 2.45. The van der Waals surface area contributed by atoms with Gasteiger partial charge in [-0.3, -0.25) is 4.79 Å². The van der Waals surface area contributed by atoms with Crippen LogP contribution in [-0.4, -0.2) is 19.1 Å². The van der Waals surface area contributed by atoms with Gasteiger partial charge in [-0.1, -0.05) is 45.2 Å². The maximum Gasteiger partial charge on any atom is 0.257 e. The van der Waals surface area contributed by atoms with Crippen LogP contribution >= 0.6 is 0 Å². The van der Waals surface area contributed by atoms with E-state index in [-0.39, 0.29) is 12.5 Å². The van der Waals surface area contributed by atoms with Gasteiger partial charge in [-0.05, 0) is 30.5 Å². The van der Waals surface area contributed by atoms with Crippen LogP contribution in [0.2, 0.25) is 0 Å². The molecule has 1 aromatic rings. The third-order valence-electron chi connectivity index (χ3n) is 3.03. The van der Waals surface area contributed by atoms with Gasteiger partial charge in [-0.25, -0.2) is 0 Å². The summed E-state index contributed by atoms with van der Waals surface area (Å²) in [6.07, 6.45) is 5.64. The fourth-order valence-corrected chi connectivity index (χ4v) is 1.83. The van der Waals surface area contributed by atoms with Crippen molar-refractivity contribution >= 4 is 5.91 Å². The molecule has 0 heterocycles. The molecule has 106 valence electrons. The third-order valence-corrected chi connectivity index (χ3v) is 3.03. The molecule has 0 fully saturated rings. The lowest BCUT2D eigenvalue weighted by Crippen LogP contribution is -2.29. The van der Waals surface area contributed by atoms with Gasteiger partial charge in [0.15, 0.2) is 6.61 Å². The van der Waals surface area contributed by atoms with Gasteiger partial charge in [0.2, 0.25) is 0 Å². The van der Waals surface area contributed by atoms with Crippen LogP contribution in [0.1, 0.15) is 45.1 Å². The topological polar surface area (TPSA) is 38.3 Å². The number of carbonyl (C=O) groups is 1. The standard InChI is InChI=1S/C16H25NO2/c1-3-5-6-7-11-17-16(18)13-19-15-10-8-9-14(4-2)12-15/h8-10,12H,3-7,11,13H2,1-2H3,(H,17,18). The highest BCUT2D eigenvalue weighted by atomic mass is 16.5. The molecule has 1 N–H and O–H groups in total. The SMILES string of the molecule is CCCCCCNC(=O)COc1cccc(CC)c1. The van der Waals surface area contributed by atoms with Gasteiger partial charge in [0.05, 0.1) is 0 Å².